The molecule has 0 unspecified atom stereocenters. The maximum absolute atomic E-state index is 11.6. The standard InChI is InChI=1S/C12H9N3O2/c13-8-2-1-3-10-11(8)15-12(17-10)7-6-14-5-4-9(7)16/h1-6H,13H2,(H,14,16). The van der Waals surface area contributed by atoms with E-state index in [0.717, 1.165) is 0 Å². The lowest BCUT2D eigenvalue weighted by Crippen LogP contribution is -2.02. The van der Waals surface area contributed by atoms with Crippen molar-refractivity contribution in [2.75, 3.05) is 5.73 Å². The molecule has 0 saturated carbocycles. The Hall–Kier alpha value is -2.56. The molecule has 0 bridgehead atoms. The highest BCUT2D eigenvalue weighted by molar-refractivity contribution is 5.87. The van der Waals surface area contributed by atoms with Gasteiger partial charge < -0.3 is 15.1 Å². The quantitative estimate of drug-likeness (QED) is 0.620. The molecule has 0 atom stereocenters. The van der Waals surface area contributed by atoms with Crippen molar-refractivity contribution >= 4 is 16.8 Å². The van der Waals surface area contributed by atoms with Gasteiger partial charge in [0.25, 0.3) is 0 Å². The lowest BCUT2D eigenvalue weighted by atomic mass is 10.3. The van der Waals surface area contributed by atoms with Crippen LogP contribution in [-0.4, -0.2) is 9.97 Å². The molecule has 0 aliphatic heterocycles. The molecule has 2 heterocycles. The van der Waals surface area contributed by atoms with Crippen LogP contribution < -0.4 is 11.2 Å². The summed E-state index contributed by atoms with van der Waals surface area (Å²) < 4.78 is 5.50. The van der Waals surface area contributed by atoms with Crippen LogP contribution in [0.1, 0.15) is 0 Å². The monoisotopic (exact) mass is 227 g/mol. The third-order valence-corrected chi connectivity index (χ3v) is 2.50. The number of hydrogen-bond donors (Lipinski definition) is 2. The number of oxazole rings is 1. The Bertz CT molecular complexity index is 743. The van der Waals surface area contributed by atoms with Crippen molar-refractivity contribution in [3.8, 4) is 11.5 Å². The first kappa shape index (κ1) is 9.65. The number of para-hydroxylation sites is 1. The lowest BCUT2D eigenvalue weighted by molar-refractivity contribution is 0.619. The van der Waals surface area contributed by atoms with Crippen LogP contribution in [0.15, 0.2) is 45.9 Å². The largest absolute Gasteiger partial charge is 0.436 e. The number of hydrogen-bond acceptors (Lipinski definition) is 4. The number of rotatable bonds is 1. The molecule has 1 aromatic carbocycles. The van der Waals surface area contributed by atoms with Gasteiger partial charge in [0.2, 0.25) is 5.89 Å². The zero-order valence-electron chi connectivity index (χ0n) is 8.81. The van der Waals surface area contributed by atoms with Crippen LogP contribution in [0, 0.1) is 0 Å². The van der Waals surface area contributed by atoms with Gasteiger partial charge in [0, 0.05) is 18.5 Å². The van der Waals surface area contributed by atoms with E-state index >= 15 is 0 Å². The van der Waals surface area contributed by atoms with Crippen molar-refractivity contribution in [3.63, 3.8) is 0 Å². The molecule has 0 aliphatic rings. The lowest BCUT2D eigenvalue weighted by Gasteiger charge is -1.91. The third kappa shape index (κ3) is 1.48. The molecule has 0 aliphatic carbocycles. The molecule has 2 aromatic heterocycles. The molecule has 0 radical (unpaired) electrons. The minimum absolute atomic E-state index is 0.145. The number of pyridine rings is 1. The highest BCUT2D eigenvalue weighted by atomic mass is 16.3. The van der Waals surface area contributed by atoms with E-state index in [9.17, 15) is 4.79 Å². The number of fused-ring (bicyclic) bond motifs is 1. The second-order valence-electron chi connectivity index (χ2n) is 3.64. The summed E-state index contributed by atoms with van der Waals surface area (Å²) in [6, 6.07) is 6.71. The van der Waals surface area contributed by atoms with Gasteiger partial charge in [0.1, 0.15) is 11.1 Å². The second-order valence-corrected chi connectivity index (χ2v) is 3.64. The smallest absolute Gasteiger partial charge is 0.232 e. The number of nitrogens with zero attached hydrogens (tertiary/aromatic N) is 1. The van der Waals surface area contributed by atoms with E-state index in [2.05, 4.69) is 9.97 Å². The molecule has 0 fully saturated rings. The van der Waals surface area contributed by atoms with Crippen molar-refractivity contribution in [2.45, 2.75) is 0 Å². The van der Waals surface area contributed by atoms with E-state index < -0.39 is 0 Å². The second kappa shape index (κ2) is 3.48. The van der Waals surface area contributed by atoms with Crippen molar-refractivity contribution in [3.05, 3.63) is 46.9 Å². The molecular weight excluding hydrogens is 218 g/mol. The SMILES string of the molecule is Nc1cccc2oc(-c3c[nH]ccc3=O)nc12. The van der Waals surface area contributed by atoms with Gasteiger partial charge in [-0.1, -0.05) is 6.07 Å². The zero-order valence-corrected chi connectivity index (χ0v) is 8.81. The van der Waals surface area contributed by atoms with Gasteiger partial charge in [-0.05, 0) is 12.1 Å². The summed E-state index contributed by atoms with van der Waals surface area (Å²) in [5.74, 6) is 0.278. The Morgan fingerprint density at radius 2 is 2.18 bits per heavy atom. The van der Waals surface area contributed by atoms with Crippen molar-refractivity contribution < 1.29 is 4.42 Å². The predicted octanol–water partition coefficient (Wildman–Crippen LogP) is 1.77. The summed E-state index contributed by atoms with van der Waals surface area (Å²) >= 11 is 0. The number of H-pyrrole nitrogens is 1. The summed E-state index contributed by atoms with van der Waals surface area (Å²) in [5, 5.41) is 0. The molecule has 17 heavy (non-hydrogen) atoms. The minimum atomic E-state index is -0.145. The van der Waals surface area contributed by atoms with E-state index in [1.165, 1.54) is 6.07 Å². The summed E-state index contributed by atoms with van der Waals surface area (Å²) in [6.45, 7) is 0. The van der Waals surface area contributed by atoms with Crippen LogP contribution in [0.25, 0.3) is 22.6 Å². The molecule has 84 valence electrons. The van der Waals surface area contributed by atoms with Gasteiger partial charge in [-0.3, -0.25) is 4.79 Å². The van der Waals surface area contributed by atoms with Crippen LogP contribution in [0.5, 0.6) is 0 Å². The van der Waals surface area contributed by atoms with Gasteiger partial charge in [-0.15, -0.1) is 0 Å². The molecule has 0 spiro atoms. The Kier molecular flexibility index (Phi) is 1.98. The number of anilines is 1. The van der Waals surface area contributed by atoms with E-state index in [0.29, 0.717) is 22.4 Å². The molecule has 5 heteroatoms. The van der Waals surface area contributed by atoms with E-state index in [1.54, 1.807) is 30.6 Å². The Balaban J connectivity index is 2.30. The van der Waals surface area contributed by atoms with Crippen LogP contribution in [0.3, 0.4) is 0 Å². The molecule has 0 amide bonds. The molecule has 5 nitrogen and oxygen atoms in total. The fraction of sp³-hybridized carbons (Fsp3) is 0. The zero-order chi connectivity index (χ0) is 11.8. The molecule has 0 saturated heterocycles. The average molecular weight is 227 g/mol. The average Bonchev–Trinajstić information content (AvgIpc) is 2.75. The van der Waals surface area contributed by atoms with Gasteiger partial charge >= 0.3 is 0 Å². The number of nitrogen functional groups attached to an aromatic ring is 1. The minimum Gasteiger partial charge on any atom is -0.436 e. The van der Waals surface area contributed by atoms with Gasteiger partial charge in [0.05, 0.1) is 5.69 Å². The maximum atomic E-state index is 11.6. The highest BCUT2D eigenvalue weighted by Gasteiger charge is 2.12. The third-order valence-electron chi connectivity index (χ3n) is 2.50. The number of benzene rings is 1. The summed E-state index contributed by atoms with van der Waals surface area (Å²) in [7, 11) is 0. The fourth-order valence-electron chi connectivity index (χ4n) is 1.67. The molecule has 3 aromatic rings. The highest BCUT2D eigenvalue weighted by Crippen LogP contribution is 2.25. The Morgan fingerprint density at radius 3 is 2.94 bits per heavy atom. The van der Waals surface area contributed by atoms with E-state index in [-0.39, 0.29) is 11.3 Å². The first-order chi connectivity index (χ1) is 8.25. The normalized spacial score (nSPS) is 10.8. The van der Waals surface area contributed by atoms with Crippen LogP contribution in [0.4, 0.5) is 5.69 Å². The molecule has 3 rings (SSSR count). The summed E-state index contributed by atoms with van der Waals surface area (Å²) in [4.78, 5) is 18.7. The van der Waals surface area contributed by atoms with E-state index in [4.69, 9.17) is 10.2 Å². The van der Waals surface area contributed by atoms with Crippen molar-refractivity contribution in [1.82, 2.24) is 9.97 Å². The Labute approximate surface area is 95.9 Å². The van der Waals surface area contributed by atoms with Crippen LogP contribution in [-0.2, 0) is 0 Å². The Morgan fingerprint density at radius 1 is 1.29 bits per heavy atom. The number of aromatic nitrogens is 2. The first-order valence-corrected chi connectivity index (χ1v) is 5.08. The number of nitrogens with two attached hydrogens (primary N) is 1. The topological polar surface area (TPSA) is 84.9 Å². The van der Waals surface area contributed by atoms with Crippen molar-refractivity contribution in [2.24, 2.45) is 0 Å². The van der Waals surface area contributed by atoms with Crippen LogP contribution >= 0.6 is 0 Å². The number of nitrogens with one attached hydrogen (secondary N) is 1. The molecular formula is C12H9N3O2. The van der Waals surface area contributed by atoms with E-state index in [1.807, 2.05) is 0 Å². The maximum Gasteiger partial charge on any atom is 0.232 e. The van der Waals surface area contributed by atoms with Gasteiger partial charge in [-0.2, -0.15) is 0 Å². The summed E-state index contributed by atoms with van der Waals surface area (Å²) in [6.07, 6.45) is 3.12. The van der Waals surface area contributed by atoms with Gasteiger partial charge in [0.15, 0.2) is 11.0 Å². The van der Waals surface area contributed by atoms with Crippen molar-refractivity contribution in [1.29, 1.82) is 0 Å². The predicted molar refractivity (Wildman–Crippen MR) is 64.5 cm³/mol. The first-order valence-electron chi connectivity index (χ1n) is 5.08. The van der Waals surface area contributed by atoms with Crippen LogP contribution in [0.2, 0.25) is 0 Å². The summed E-state index contributed by atoms with van der Waals surface area (Å²) in [5.41, 5.74) is 7.70. The fourth-order valence-corrected chi connectivity index (χ4v) is 1.67. The molecule has 3 N–H and O–H groups in total. The van der Waals surface area contributed by atoms with Gasteiger partial charge in [-0.25, -0.2) is 4.98 Å². The number of aromatic amines is 1.